The van der Waals surface area contributed by atoms with Crippen LogP contribution in [0.4, 0.5) is 5.69 Å². The molecule has 2 rings (SSSR count). The summed E-state index contributed by atoms with van der Waals surface area (Å²) in [6.07, 6.45) is -0.0332. The Hall–Kier alpha value is -1.05. The number of sulfonamides is 1. The molecule has 0 fully saturated rings. The SMILES string of the molecule is CC(C)Oc1ccccc1NS(=O)(=O)c1sccc1Br. The molecule has 1 heterocycles. The Morgan fingerprint density at radius 2 is 1.95 bits per heavy atom. The molecule has 108 valence electrons. The highest BCUT2D eigenvalue weighted by Gasteiger charge is 2.20. The molecular formula is C13H14BrNO3S2. The number of ether oxygens (including phenoxy) is 1. The van der Waals surface area contributed by atoms with E-state index in [9.17, 15) is 8.42 Å². The Morgan fingerprint density at radius 1 is 1.25 bits per heavy atom. The number of benzene rings is 1. The fourth-order valence-corrected chi connectivity index (χ4v) is 4.98. The fourth-order valence-electron chi connectivity index (χ4n) is 1.57. The maximum Gasteiger partial charge on any atom is 0.272 e. The summed E-state index contributed by atoms with van der Waals surface area (Å²) < 4.78 is 33.6. The molecule has 0 aliphatic heterocycles. The molecular weight excluding hydrogens is 362 g/mol. The molecule has 1 aromatic heterocycles. The average Bonchev–Trinajstić information content (AvgIpc) is 2.78. The van der Waals surface area contributed by atoms with Crippen LogP contribution >= 0.6 is 27.3 Å². The van der Waals surface area contributed by atoms with Gasteiger partial charge in [-0.2, -0.15) is 0 Å². The molecule has 0 saturated heterocycles. The molecule has 0 saturated carbocycles. The number of rotatable bonds is 5. The zero-order valence-corrected chi connectivity index (χ0v) is 14.2. The van der Waals surface area contributed by atoms with Crippen LogP contribution in [0.15, 0.2) is 44.4 Å². The van der Waals surface area contributed by atoms with Gasteiger partial charge in [-0.05, 0) is 53.4 Å². The fraction of sp³-hybridized carbons (Fsp3) is 0.231. The van der Waals surface area contributed by atoms with Gasteiger partial charge in [-0.25, -0.2) is 8.42 Å². The van der Waals surface area contributed by atoms with Crippen LogP contribution in [0, 0.1) is 0 Å². The molecule has 20 heavy (non-hydrogen) atoms. The van der Waals surface area contributed by atoms with Gasteiger partial charge < -0.3 is 4.74 Å². The zero-order valence-electron chi connectivity index (χ0n) is 11.0. The van der Waals surface area contributed by atoms with Gasteiger partial charge in [0.05, 0.1) is 11.8 Å². The summed E-state index contributed by atoms with van der Waals surface area (Å²) in [7, 11) is -3.62. The molecule has 0 spiro atoms. The molecule has 2 aromatic rings. The second-order valence-corrected chi connectivity index (χ2v) is 7.97. The average molecular weight is 376 g/mol. The van der Waals surface area contributed by atoms with E-state index in [0.717, 1.165) is 11.3 Å². The normalized spacial score (nSPS) is 11.6. The number of para-hydroxylation sites is 2. The van der Waals surface area contributed by atoms with Crippen LogP contribution in [0.1, 0.15) is 13.8 Å². The number of halogens is 1. The van der Waals surface area contributed by atoms with Gasteiger partial charge in [-0.1, -0.05) is 12.1 Å². The molecule has 4 nitrogen and oxygen atoms in total. The van der Waals surface area contributed by atoms with Gasteiger partial charge in [0.15, 0.2) is 4.21 Å². The first-order valence-electron chi connectivity index (χ1n) is 5.91. The van der Waals surface area contributed by atoms with Crippen molar-refractivity contribution in [1.82, 2.24) is 0 Å². The lowest BCUT2D eigenvalue weighted by Crippen LogP contribution is -2.14. The van der Waals surface area contributed by atoms with Gasteiger partial charge in [0.25, 0.3) is 10.0 Å². The summed E-state index contributed by atoms with van der Waals surface area (Å²) >= 11 is 4.39. The van der Waals surface area contributed by atoms with Crippen LogP contribution in [0.5, 0.6) is 5.75 Å². The largest absolute Gasteiger partial charge is 0.489 e. The predicted octanol–water partition coefficient (Wildman–Crippen LogP) is 4.10. The third-order valence-electron chi connectivity index (χ3n) is 2.32. The highest BCUT2D eigenvalue weighted by atomic mass is 79.9. The smallest absolute Gasteiger partial charge is 0.272 e. The van der Waals surface area contributed by atoms with Crippen molar-refractivity contribution in [3.63, 3.8) is 0 Å². The highest BCUT2D eigenvalue weighted by molar-refractivity contribution is 9.10. The molecule has 0 amide bonds. The van der Waals surface area contributed by atoms with E-state index in [1.165, 1.54) is 0 Å². The van der Waals surface area contributed by atoms with Crippen molar-refractivity contribution >= 4 is 43.0 Å². The first kappa shape index (κ1) is 15.3. The topological polar surface area (TPSA) is 55.4 Å². The lowest BCUT2D eigenvalue weighted by molar-refractivity contribution is 0.244. The van der Waals surface area contributed by atoms with Crippen LogP contribution in [-0.4, -0.2) is 14.5 Å². The van der Waals surface area contributed by atoms with E-state index in [1.54, 1.807) is 35.7 Å². The van der Waals surface area contributed by atoms with Gasteiger partial charge >= 0.3 is 0 Å². The van der Waals surface area contributed by atoms with Gasteiger partial charge in [0.1, 0.15) is 5.75 Å². The zero-order chi connectivity index (χ0) is 14.8. The number of hydrogen-bond acceptors (Lipinski definition) is 4. The summed E-state index contributed by atoms with van der Waals surface area (Å²) in [5, 5.41) is 1.72. The van der Waals surface area contributed by atoms with E-state index in [0.29, 0.717) is 15.9 Å². The lowest BCUT2D eigenvalue weighted by atomic mass is 10.3. The molecule has 0 unspecified atom stereocenters. The van der Waals surface area contributed by atoms with Gasteiger partial charge in [-0.3, -0.25) is 4.72 Å². The monoisotopic (exact) mass is 375 g/mol. The van der Waals surface area contributed by atoms with Crippen LogP contribution in [0.3, 0.4) is 0 Å². The van der Waals surface area contributed by atoms with Crippen molar-refractivity contribution < 1.29 is 13.2 Å². The van der Waals surface area contributed by atoms with E-state index < -0.39 is 10.0 Å². The van der Waals surface area contributed by atoms with E-state index in [-0.39, 0.29) is 10.3 Å². The van der Waals surface area contributed by atoms with E-state index in [4.69, 9.17) is 4.74 Å². The summed E-state index contributed by atoms with van der Waals surface area (Å²) in [5.41, 5.74) is 0.432. The predicted molar refractivity (Wildman–Crippen MR) is 85.0 cm³/mol. The third kappa shape index (κ3) is 3.53. The molecule has 0 aliphatic rings. The Morgan fingerprint density at radius 3 is 2.55 bits per heavy atom. The van der Waals surface area contributed by atoms with E-state index >= 15 is 0 Å². The Bertz CT molecular complexity index is 695. The molecule has 1 N–H and O–H groups in total. The summed E-state index contributed by atoms with van der Waals surface area (Å²) in [5.74, 6) is 0.513. The molecule has 0 bridgehead atoms. The van der Waals surface area contributed by atoms with E-state index in [2.05, 4.69) is 20.7 Å². The van der Waals surface area contributed by atoms with Crippen molar-refractivity contribution in [2.24, 2.45) is 0 Å². The Labute approximate surface area is 131 Å². The van der Waals surface area contributed by atoms with Crippen LogP contribution in [-0.2, 0) is 10.0 Å². The van der Waals surface area contributed by atoms with Crippen molar-refractivity contribution in [3.05, 3.63) is 40.2 Å². The molecule has 1 aromatic carbocycles. The quantitative estimate of drug-likeness (QED) is 0.855. The van der Waals surface area contributed by atoms with Crippen molar-refractivity contribution in [3.8, 4) is 5.75 Å². The number of thiophene rings is 1. The maximum absolute atomic E-state index is 12.3. The first-order valence-corrected chi connectivity index (χ1v) is 9.07. The highest BCUT2D eigenvalue weighted by Crippen LogP contribution is 2.32. The third-order valence-corrected chi connectivity index (χ3v) is 6.36. The second kappa shape index (κ2) is 6.15. The molecule has 7 heteroatoms. The molecule has 0 radical (unpaired) electrons. The van der Waals surface area contributed by atoms with Crippen molar-refractivity contribution in [1.29, 1.82) is 0 Å². The molecule has 0 atom stereocenters. The van der Waals surface area contributed by atoms with Crippen LogP contribution < -0.4 is 9.46 Å². The Balaban J connectivity index is 2.33. The lowest BCUT2D eigenvalue weighted by Gasteiger charge is -2.15. The summed E-state index contributed by atoms with van der Waals surface area (Å²) in [6.45, 7) is 3.78. The summed E-state index contributed by atoms with van der Waals surface area (Å²) in [4.78, 5) is 0. The van der Waals surface area contributed by atoms with Gasteiger partial charge in [0.2, 0.25) is 0 Å². The first-order chi connectivity index (χ1) is 9.40. The van der Waals surface area contributed by atoms with Crippen LogP contribution in [0.2, 0.25) is 0 Å². The molecule has 0 aliphatic carbocycles. The standard InChI is InChI=1S/C13H14BrNO3S2/c1-9(2)18-12-6-4-3-5-11(12)15-20(16,17)13-10(14)7-8-19-13/h3-9,15H,1-2H3. The van der Waals surface area contributed by atoms with Gasteiger partial charge in [-0.15, -0.1) is 11.3 Å². The maximum atomic E-state index is 12.3. The second-order valence-electron chi connectivity index (χ2n) is 4.32. The van der Waals surface area contributed by atoms with E-state index in [1.807, 2.05) is 13.8 Å². The van der Waals surface area contributed by atoms with Crippen molar-refractivity contribution in [2.75, 3.05) is 4.72 Å². The Kier molecular flexibility index (Phi) is 4.72. The minimum absolute atomic E-state index is 0.0332. The summed E-state index contributed by atoms with van der Waals surface area (Å²) in [6, 6.07) is 8.68. The van der Waals surface area contributed by atoms with Crippen LogP contribution in [0.25, 0.3) is 0 Å². The minimum Gasteiger partial charge on any atom is -0.489 e. The minimum atomic E-state index is -3.62. The van der Waals surface area contributed by atoms with Gasteiger partial charge in [0, 0.05) is 4.47 Å². The van der Waals surface area contributed by atoms with Crippen molar-refractivity contribution in [2.45, 2.75) is 24.2 Å². The number of anilines is 1. The number of nitrogens with one attached hydrogen (secondary N) is 1. The number of hydrogen-bond donors (Lipinski definition) is 1.